The maximum Gasteiger partial charge on any atom is 0.0787 e. The molecule has 4 fully saturated rings. The van der Waals surface area contributed by atoms with Crippen molar-refractivity contribution >= 4 is 0 Å². The summed E-state index contributed by atoms with van der Waals surface area (Å²) in [6, 6.07) is 0. The monoisotopic (exact) mass is 398 g/mol. The molecule has 3 saturated carbocycles. The zero-order chi connectivity index (χ0) is 20.4. The largest absolute Gasteiger partial charge is 0.388 e. The number of hydrogen-bond acceptors (Lipinski definition) is 3. The van der Waals surface area contributed by atoms with Gasteiger partial charge in [-0.2, -0.15) is 0 Å². The number of fused-ring (bicyclic) bond motifs is 1. The standard InChI is InChI=1S/C26H42N2O/c1-20-21(6-4-8-25(20)29)9-10-22-7-5-14-26(2)23(11-12-24(22)26)13-15-28-18-16-27(3)17-19-28/h9-10,23-25,29H,1,4-8,11-19H2,2-3H3/b21-9-,22-10+/t23-,24?,25?,26?/m1/s1. The van der Waals surface area contributed by atoms with Gasteiger partial charge >= 0.3 is 0 Å². The maximum absolute atomic E-state index is 10.1. The van der Waals surface area contributed by atoms with Crippen LogP contribution in [0, 0.1) is 17.3 Å². The van der Waals surface area contributed by atoms with Crippen molar-refractivity contribution in [2.45, 2.75) is 70.8 Å². The molecule has 0 spiro atoms. The normalized spacial score (nSPS) is 40.0. The minimum atomic E-state index is -0.324. The lowest BCUT2D eigenvalue weighted by Gasteiger charge is -2.43. The van der Waals surface area contributed by atoms with E-state index in [9.17, 15) is 5.11 Å². The summed E-state index contributed by atoms with van der Waals surface area (Å²) in [6.45, 7) is 13.0. The number of hydrogen-bond donors (Lipinski definition) is 1. The fourth-order valence-electron chi connectivity index (χ4n) is 6.66. The highest BCUT2D eigenvalue weighted by Gasteiger charge is 2.48. The van der Waals surface area contributed by atoms with E-state index in [1.54, 1.807) is 5.57 Å². The van der Waals surface area contributed by atoms with Crippen LogP contribution in [-0.2, 0) is 0 Å². The van der Waals surface area contributed by atoms with Gasteiger partial charge in [0.05, 0.1) is 6.10 Å². The molecule has 0 bridgehead atoms. The van der Waals surface area contributed by atoms with E-state index in [-0.39, 0.29) is 6.10 Å². The molecule has 3 nitrogen and oxygen atoms in total. The summed E-state index contributed by atoms with van der Waals surface area (Å²) < 4.78 is 0. The van der Waals surface area contributed by atoms with Crippen molar-refractivity contribution in [1.82, 2.24) is 9.80 Å². The number of likely N-dealkylation sites (N-methyl/N-ethyl adjacent to an activating group) is 1. The molecule has 1 aliphatic heterocycles. The van der Waals surface area contributed by atoms with E-state index in [1.165, 1.54) is 76.8 Å². The average Bonchev–Trinajstić information content (AvgIpc) is 3.05. The average molecular weight is 399 g/mol. The molecule has 3 unspecified atom stereocenters. The Morgan fingerprint density at radius 3 is 2.66 bits per heavy atom. The van der Waals surface area contributed by atoms with Gasteiger partial charge in [0.25, 0.3) is 0 Å². The molecule has 162 valence electrons. The second-order valence-electron chi connectivity index (χ2n) is 10.5. The smallest absolute Gasteiger partial charge is 0.0787 e. The molecular weight excluding hydrogens is 356 g/mol. The van der Waals surface area contributed by atoms with Crippen LogP contribution in [-0.4, -0.2) is 60.8 Å². The Bertz CT molecular complexity index is 658. The fourth-order valence-corrected chi connectivity index (χ4v) is 6.66. The number of allylic oxidation sites excluding steroid dienone is 3. The van der Waals surface area contributed by atoms with E-state index in [1.807, 2.05) is 0 Å². The van der Waals surface area contributed by atoms with Gasteiger partial charge in [0.2, 0.25) is 0 Å². The van der Waals surface area contributed by atoms with Crippen LogP contribution in [0.3, 0.4) is 0 Å². The van der Waals surface area contributed by atoms with Gasteiger partial charge < -0.3 is 14.9 Å². The van der Waals surface area contributed by atoms with Gasteiger partial charge in [-0.1, -0.05) is 31.2 Å². The van der Waals surface area contributed by atoms with E-state index in [4.69, 9.17) is 0 Å². The molecule has 4 rings (SSSR count). The van der Waals surface area contributed by atoms with Crippen molar-refractivity contribution in [3.8, 4) is 0 Å². The number of aliphatic hydroxyl groups excluding tert-OH is 1. The highest BCUT2D eigenvalue weighted by molar-refractivity contribution is 5.37. The van der Waals surface area contributed by atoms with Crippen molar-refractivity contribution in [3.05, 3.63) is 35.5 Å². The molecule has 0 amide bonds. The summed E-state index contributed by atoms with van der Waals surface area (Å²) in [5.74, 6) is 1.65. The molecule has 1 heterocycles. The minimum Gasteiger partial charge on any atom is -0.388 e. The third kappa shape index (κ3) is 4.57. The number of aliphatic hydroxyl groups is 1. The Morgan fingerprint density at radius 1 is 1.07 bits per heavy atom. The molecule has 0 aromatic carbocycles. The van der Waals surface area contributed by atoms with Crippen molar-refractivity contribution in [2.75, 3.05) is 39.8 Å². The summed E-state index contributed by atoms with van der Waals surface area (Å²) >= 11 is 0. The summed E-state index contributed by atoms with van der Waals surface area (Å²) in [5.41, 5.74) is 4.43. The SMILES string of the molecule is C=C1/C(=C\C=C2/CCCC3(C)C2CC[C@@H]3CCN2CCN(C)CC2)CCCC1O. The van der Waals surface area contributed by atoms with E-state index in [0.717, 1.165) is 36.7 Å². The predicted octanol–water partition coefficient (Wildman–Crippen LogP) is 4.79. The lowest BCUT2D eigenvalue weighted by Crippen LogP contribution is -2.45. The van der Waals surface area contributed by atoms with Crippen LogP contribution in [0.15, 0.2) is 35.5 Å². The minimum absolute atomic E-state index is 0.324. The van der Waals surface area contributed by atoms with Gasteiger partial charge in [-0.15, -0.1) is 0 Å². The molecule has 3 heteroatoms. The van der Waals surface area contributed by atoms with Crippen molar-refractivity contribution in [2.24, 2.45) is 17.3 Å². The Hall–Kier alpha value is -0.900. The third-order valence-electron chi connectivity index (χ3n) is 8.79. The van der Waals surface area contributed by atoms with Crippen LogP contribution < -0.4 is 0 Å². The van der Waals surface area contributed by atoms with Crippen LogP contribution in [0.5, 0.6) is 0 Å². The topological polar surface area (TPSA) is 26.7 Å². The van der Waals surface area contributed by atoms with Crippen molar-refractivity contribution < 1.29 is 5.11 Å². The highest BCUT2D eigenvalue weighted by atomic mass is 16.3. The first-order valence-electron chi connectivity index (χ1n) is 12.1. The summed E-state index contributed by atoms with van der Waals surface area (Å²) in [7, 11) is 2.24. The zero-order valence-corrected chi connectivity index (χ0v) is 18.8. The third-order valence-corrected chi connectivity index (χ3v) is 8.79. The molecular formula is C26H42N2O. The first-order chi connectivity index (χ1) is 14.0. The maximum atomic E-state index is 10.1. The van der Waals surface area contributed by atoms with Crippen LogP contribution >= 0.6 is 0 Å². The molecule has 3 aliphatic carbocycles. The quantitative estimate of drug-likeness (QED) is 0.737. The molecule has 0 radical (unpaired) electrons. The molecule has 1 saturated heterocycles. The second-order valence-corrected chi connectivity index (χ2v) is 10.5. The number of rotatable bonds is 4. The zero-order valence-electron chi connectivity index (χ0n) is 18.8. The van der Waals surface area contributed by atoms with Gasteiger partial charge in [0.15, 0.2) is 0 Å². The lowest BCUT2D eigenvalue weighted by molar-refractivity contribution is 0.101. The van der Waals surface area contributed by atoms with Gasteiger partial charge in [-0.05, 0) is 99.8 Å². The first-order valence-corrected chi connectivity index (χ1v) is 12.1. The van der Waals surface area contributed by atoms with Crippen molar-refractivity contribution in [3.63, 3.8) is 0 Å². The molecule has 0 aromatic heterocycles. The lowest BCUT2D eigenvalue weighted by atomic mass is 9.63. The van der Waals surface area contributed by atoms with Gasteiger partial charge in [0.1, 0.15) is 0 Å². The van der Waals surface area contributed by atoms with Crippen LogP contribution in [0.4, 0.5) is 0 Å². The van der Waals surface area contributed by atoms with Gasteiger partial charge in [-0.25, -0.2) is 0 Å². The molecule has 1 N–H and O–H groups in total. The summed E-state index contributed by atoms with van der Waals surface area (Å²) in [4.78, 5) is 5.15. The Morgan fingerprint density at radius 2 is 1.86 bits per heavy atom. The van der Waals surface area contributed by atoms with E-state index in [0.29, 0.717) is 5.41 Å². The molecule has 0 aromatic rings. The van der Waals surface area contributed by atoms with E-state index < -0.39 is 0 Å². The van der Waals surface area contributed by atoms with E-state index in [2.05, 4.69) is 42.5 Å². The van der Waals surface area contributed by atoms with E-state index >= 15 is 0 Å². The number of nitrogens with zero attached hydrogens (tertiary/aromatic N) is 2. The highest BCUT2D eigenvalue weighted by Crippen LogP contribution is 2.58. The Balaban J connectivity index is 1.40. The predicted molar refractivity (Wildman–Crippen MR) is 122 cm³/mol. The van der Waals surface area contributed by atoms with Crippen LogP contribution in [0.2, 0.25) is 0 Å². The van der Waals surface area contributed by atoms with Crippen LogP contribution in [0.25, 0.3) is 0 Å². The summed E-state index contributed by atoms with van der Waals surface area (Å²) in [6.07, 6.45) is 15.7. The second kappa shape index (κ2) is 9.08. The van der Waals surface area contributed by atoms with Crippen molar-refractivity contribution in [1.29, 1.82) is 0 Å². The first kappa shape index (κ1) is 21.3. The Labute approximate surface area is 178 Å². The van der Waals surface area contributed by atoms with Gasteiger partial charge in [-0.3, -0.25) is 0 Å². The summed E-state index contributed by atoms with van der Waals surface area (Å²) in [5, 5.41) is 10.1. The Kier molecular flexibility index (Phi) is 6.68. The molecule has 29 heavy (non-hydrogen) atoms. The fraction of sp³-hybridized carbons (Fsp3) is 0.769. The molecule has 4 aliphatic rings. The van der Waals surface area contributed by atoms with Crippen LogP contribution in [0.1, 0.15) is 64.7 Å². The van der Waals surface area contributed by atoms with Gasteiger partial charge in [0, 0.05) is 26.2 Å². The number of piperazine rings is 1. The molecule has 4 atom stereocenters.